The SMILES string of the molecule is CC(CS(=O)(=O)Cc1cccnc1C#N)C(=O)O. The summed E-state index contributed by atoms with van der Waals surface area (Å²) in [5.41, 5.74) is 0.335. The molecule has 1 aromatic heterocycles. The lowest BCUT2D eigenvalue weighted by molar-refractivity contribution is -0.140. The largest absolute Gasteiger partial charge is 0.481 e. The molecule has 6 nitrogen and oxygen atoms in total. The molecule has 1 atom stereocenters. The van der Waals surface area contributed by atoms with Crippen LogP contribution in [-0.2, 0) is 20.4 Å². The van der Waals surface area contributed by atoms with Crippen LogP contribution >= 0.6 is 0 Å². The van der Waals surface area contributed by atoms with E-state index in [1.165, 1.54) is 25.3 Å². The summed E-state index contributed by atoms with van der Waals surface area (Å²) in [6.07, 6.45) is 1.40. The van der Waals surface area contributed by atoms with E-state index < -0.39 is 27.5 Å². The quantitative estimate of drug-likeness (QED) is 0.837. The highest BCUT2D eigenvalue weighted by atomic mass is 32.2. The van der Waals surface area contributed by atoms with Crippen LogP contribution in [0.5, 0.6) is 0 Å². The molecule has 0 spiro atoms. The summed E-state index contributed by atoms with van der Waals surface area (Å²) < 4.78 is 23.6. The Hall–Kier alpha value is -1.94. The highest BCUT2D eigenvalue weighted by Crippen LogP contribution is 2.12. The number of carboxylic acids is 1. The van der Waals surface area contributed by atoms with Gasteiger partial charge in [0.05, 0.1) is 17.4 Å². The van der Waals surface area contributed by atoms with E-state index >= 15 is 0 Å². The van der Waals surface area contributed by atoms with Gasteiger partial charge in [0.25, 0.3) is 0 Å². The second kappa shape index (κ2) is 5.60. The van der Waals surface area contributed by atoms with Gasteiger partial charge in [-0.25, -0.2) is 13.4 Å². The molecule has 1 aromatic rings. The van der Waals surface area contributed by atoms with Gasteiger partial charge in [-0.1, -0.05) is 13.0 Å². The van der Waals surface area contributed by atoms with Crippen LogP contribution in [0.25, 0.3) is 0 Å². The number of sulfone groups is 1. The van der Waals surface area contributed by atoms with Crippen LogP contribution < -0.4 is 0 Å². The molecule has 1 heterocycles. The predicted octanol–water partition coefficient (Wildman–Crippen LogP) is 0.589. The van der Waals surface area contributed by atoms with Gasteiger partial charge < -0.3 is 5.11 Å². The Morgan fingerprint density at radius 3 is 2.83 bits per heavy atom. The second-order valence-corrected chi connectivity index (χ2v) is 6.03. The lowest BCUT2D eigenvalue weighted by Crippen LogP contribution is -2.22. The molecule has 1 N–H and O–H groups in total. The summed E-state index contributed by atoms with van der Waals surface area (Å²) in [7, 11) is -3.58. The first-order valence-corrected chi connectivity index (χ1v) is 6.95. The number of aromatic nitrogens is 1. The normalized spacial score (nSPS) is 12.7. The van der Waals surface area contributed by atoms with E-state index in [0.717, 1.165) is 0 Å². The van der Waals surface area contributed by atoms with Crippen molar-refractivity contribution >= 4 is 15.8 Å². The Labute approximate surface area is 105 Å². The van der Waals surface area contributed by atoms with Crippen molar-refractivity contribution in [3.63, 3.8) is 0 Å². The van der Waals surface area contributed by atoms with Crippen LogP contribution in [0.4, 0.5) is 0 Å². The summed E-state index contributed by atoms with van der Waals surface area (Å²) in [6.45, 7) is 1.33. The van der Waals surface area contributed by atoms with Crippen molar-refractivity contribution in [3.05, 3.63) is 29.6 Å². The van der Waals surface area contributed by atoms with Gasteiger partial charge in [0.1, 0.15) is 11.8 Å². The Morgan fingerprint density at radius 2 is 2.28 bits per heavy atom. The van der Waals surface area contributed by atoms with Gasteiger partial charge in [-0.3, -0.25) is 4.79 Å². The molecular weight excluding hydrogens is 256 g/mol. The number of pyridine rings is 1. The molecule has 0 aromatic carbocycles. The first-order valence-electron chi connectivity index (χ1n) is 5.13. The van der Waals surface area contributed by atoms with Crippen molar-refractivity contribution < 1.29 is 18.3 Å². The fraction of sp³-hybridized carbons (Fsp3) is 0.364. The first-order chi connectivity index (χ1) is 8.35. The number of hydrogen-bond donors (Lipinski definition) is 1. The maximum atomic E-state index is 11.8. The zero-order chi connectivity index (χ0) is 13.8. The molecule has 1 unspecified atom stereocenters. The molecular formula is C11H12N2O4S. The summed E-state index contributed by atoms with van der Waals surface area (Å²) in [4.78, 5) is 14.4. The molecule has 0 bridgehead atoms. The van der Waals surface area contributed by atoms with E-state index in [1.807, 2.05) is 0 Å². The monoisotopic (exact) mass is 268 g/mol. The van der Waals surface area contributed by atoms with Crippen LogP contribution in [0.3, 0.4) is 0 Å². The third-order valence-corrected chi connectivity index (χ3v) is 4.06. The van der Waals surface area contributed by atoms with E-state index in [1.54, 1.807) is 6.07 Å². The first kappa shape index (κ1) is 14.1. The standard InChI is InChI=1S/C11H12N2O4S/c1-8(11(14)15)6-18(16,17)7-9-3-2-4-13-10(9)5-12/h2-4,8H,6-7H2,1H3,(H,14,15). The van der Waals surface area contributed by atoms with Crippen molar-refractivity contribution in [3.8, 4) is 6.07 Å². The average molecular weight is 268 g/mol. The fourth-order valence-corrected chi connectivity index (χ4v) is 3.13. The van der Waals surface area contributed by atoms with Crippen molar-refractivity contribution in [2.75, 3.05) is 5.75 Å². The molecule has 96 valence electrons. The minimum absolute atomic E-state index is 0.0454. The molecule has 0 saturated heterocycles. The van der Waals surface area contributed by atoms with Gasteiger partial charge in [-0.15, -0.1) is 0 Å². The van der Waals surface area contributed by atoms with Crippen LogP contribution in [0, 0.1) is 17.2 Å². The zero-order valence-electron chi connectivity index (χ0n) is 9.70. The third kappa shape index (κ3) is 3.82. The van der Waals surface area contributed by atoms with Gasteiger partial charge >= 0.3 is 5.97 Å². The lowest BCUT2D eigenvalue weighted by Gasteiger charge is -2.08. The molecule has 0 fully saturated rings. The number of nitrogens with zero attached hydrogens (tertiary/aromatic N) is 2. The van der Waals surface area contributed by atoms with Crippen molar-refractivity contribution in [2.24, 2.45) is 5.92 Å². The van der Waals surface area contributed by atoms with Gasteiger partial charge in [0.15, 0.2) is 9.84 Å². The Morgan fingerprint density at radius 1 is 1.61 bits per heavy atom. The summed E-state index contributed by atoms with van der Waals surface area (Å²) in [5, 5.41) is 17.5. The van der Waals surface area contributed by atoms with Crippen LogP contribution in [-0.4, -0.2) is 30.2 Å². The molecule has 7 heteroatoms. The van der Waals surface area contributed by atoms with E-state index in [9.17, 15) is 13.2 Å². The highest BCUT2D eigenvalue weighted by Gasteiger charge is 2.22. The number of carbonyl (C=O) groups is 1. The maximum absolute atomic E-state index is 11.8. The molecule has 0 saturated carbocycles. The van der Waals surface area contributed by atoms with Crippen molar-refractivity contribution in [1.82, 2.24) is 4.98 Å². The molecule has 0 aliphatic carbocycles. The van der Waals surface area contributed by atoms with Gasteiger partial charge in [-0.05, 0) is 6.07 Å². The molecule has 0 aliphatic rings. The molecule has 0 radical (unpaired) electrons. The minimum atomic E-state index is -3.58. The molecule has 18 heavy (non-hydrogen) atoms. The molecule has 1 rings (SSSR count). The number of hydrogen-bond acceptors (Lipinski definition) is 5. The van der Waals surface area contributed by atoms with Crippen molar-refractivity contribution in [1.29, 1.82) is 5.26 Å². The molecule has 0 amide bonds. The minimum Gasteiger partial charge on any atom is -0.481 e. The Balaban J connectivity index is 2.90. The van der Waals surface area contributed by atoms with Gasteiger partial charge in [0.2, 0.25) is 0 Å². The number of nitriles is 1. The second-order valence-electron chi connectivity index (χ2n) is 3.92. The fourth-order valence-electron chi connectivity index (χ4n) is 1.40. The summed E-state index contributed by atoms with van der Waals surface area (Å²) in [5.74, 6) is -2.97. The lowest BCUT2D eigenvalue weighted by atomic mass is 10.2. The number of aliphatic carboxylic acids is 1. The highest BCUT2D eigenvalue weighted by molar-refractivity contribution is 7.90. The van der Waals surface area contributed by atoms with E-state index in [-0.39, 0.29) is 17.0 Å². The van der Waals surface area contributed by atoms with E-state index in [0.29, 0.717) is 0 Å². The van der Waals surface area contributed by atoms with Crippen LogP contribution in [0.1, 0.15) is 18.2 Å². The summed E-state index contributed by atoms with van der Waals surface area (Å²) in [6, 6.07) is 4.83. The van der Waals surface area contributed by atoms with E-state index in [4.69, 9.17) is 10.4 Å². The summed E-state index contributed by atoms with van der Waals surface area (Å²) >= 11 is 0. The Kier molecular flexibility index (Phi) is 4.39. The van der Waals surface area contributed by atoms with E-state index in [2.05, 4.69) is 4.98 Å². The van der Waals surface area contributed by atoms with Crippen LogP contribution in [0.15, 0.2) is 18.3 Å². The number of rotatable bonds is 5. The van der Waals surface area contributed by atoms with Gasteiger partial charge in [-0.2, -0.15) is 5.26 Å². The smallest absolute Gasteiger partial charge is 0.307 e. The molecule has 0 aliphatic heterocycles. The third-order valence-electron chi connectivity index (χ3n) is 2.30. The topological polar surface area (TPSA) is 108 Å². The van der Waals surface area contributed by atoms with Crippen molar-refractivity contribution in [2.45, 2.75) is 12.7 Å². The van der Waals surface area contributed by atoms with Gasteiger partial charge in [0, 0.05) is 11.8 Å². The maximum Gasteiger partial charge on any atom is 0.307 e. The van der Waals surface area contributed by atoms with Crippen LogP contribution in [0.2, 0.25) is 0 Å². The Bertz CT molecular complexity index is 589. The number of carboxylic acid groups (broad SMARTS) is 1. The zero-order valence-corrected chi connectivity index (χ0v) is 10.5. The predicted molar refractivity (Wildman–Crippen MR) is 63.2 cm³/mol. The average Bonchev–Trinajstić information content (AvgIpc) is 2.28.